The van der Waals surface area contributed by atoms with Crippen molar-refractivity contribution in [2.45, 2.75) is 65.5 Å². The van der Waals surface area contributed by atoms with Gasteiger partial charge in [-0.3, -0.25) is 0 Å². The Morgan fingerprint density at radius 1 is 1.21 bits per heavy atom. The highest BCUT2D eigenvalue weighted by Crippen LogP contribution is 2.16. The van der Waals surface area contributed by atoms with Crippen molar-refractivity contribution in [1.82, 2.24) is 30.3 Å². The Kier molecular flexibility index (Phi) is 10.3. The molecule has 1 aliphatic heterocycles. The predicted octanol–water partition coefficient (Wildman–Crippen LogP) is 1.85. The van der Waals surface area contributed by atoms with E-state index in [-0.39, 0.29) is 0 Å². The Bertz CT molecular complexity index is 587. The monoisotopic (exact) mass is 393 g/mol. The molecule has 0 saturated carbocycles. The van der Waals surface area contributed by atoms with Gasteiger partial charge in [-0.25, -0.2) is 4.99 Å². The van der Waals surface area contributed by atoms with Crippen molar-refractivity contribution in [3.63, 3.8) is 0 Å². The van der Waals surface area contributed by atoms with Crippen LogP contribution in [0.2, 0.25) is 0 Å². The van der Waals surface area contributed by atoms with Crippen molar-refractivity contribution >= 4 is 5.96 Å². The Labute approximate surface area is 170 Å². The van der Waals surface area contributed by atoms with Crippen molar-refractivity contribution in [2.24, 2.45) is 12.0 Å². The van der Waals surface area contributed by atoms with Crippen LogP contribution in [-0.2, 0) is 18.3 Å². The molecule has 0 amide bonds. The molecule has 0 spiro atoms. The maximum absolute atomic E-state index is 5.41. The summed E-state index contributed by atoms with van der Waals surface area (Å²) in [5.41, 5.74) is 0. The lowest BCUT2D eigenvalue weighted by Crippen LogP contribution is -2.41. The first-order chi connectivity index (χ1) is 13.6. The van der Waals surface area contributed by atoms with Gasteiger partial charge in [0.2, 0.25) is 0 Å². The fourth-order valence-corrected chi connectivity index (χ4v) is 3.42. The first kappa shape index (κ1) is 22.6. The number of aryl methyl sites for hydroxylation is 1. The van der Waals surface area contributed by atoms with Gasteiger partial charge in [-0.1, -0.05) is 6.42 Å². The van der Waals surface area contributed by atoms with Crippen molar-refractivity contribution in [2.75, 3.05) is 39.4 Å². The van der Waals surface area contributed by atoms with Crippen LogP contribution in [0.25, 0.3) is 0 Å². The Morgan fingerprint density at radius 3 is 2.68 bits per heavy atom. The van der Waals surface area contributed by atoms with E-state index >= 15 is 0 Å². The van der Waals surface area contributed by atoms with Crippen LogP contribution < -0.4 is 10.6 Å². The highest BCUT2D eigenvalue weighted by Gasteiger charge is 2.17. The number of hydrogen-bond donors (Lipinski definition) is 2. The standard InChI is InChI=1S/C20H39N7O/c1-5-28-15-9-12-22-20(23-16-19-25-24-18(3)26(19)4)21-11-8-14-27-13-7-6-10-17(27)2/h17H,5-16H2,1-4H3,(H2,21,22,23). The molecule has 0 bridgehead atoms. The van der Waals surface area contributed by atoms with E-state index < -0.39 is 0 Å². The quantitative estimate of drug-likeness (QED) is 0.339. The second kappa shape index (κ2) is 12.7. The maximum Gasteiger partial charge on any atom is 0.191 e. The van der Waals surface area contributed by atoms with Crippen molar-refractivity contribution in [3.05, 3.63) is 11.6 Å². The first-order valence-corrected chi connectivity index (χ1v) is 10.8. The summed E-state index contributed by atoms with van der Waals surface area (Å²) in [6.45, 7) is 12.5. The van der Waals surface area contributed by atoms with Crippen LogP contribution >= 0.6 is 0 Å². The summed E-state index contributed by atoms with van der Waals surface area (Å²) < 4.78 is 7.39. The number of hydrogen-bond acceptors (Lipinski definition) is 5. The van der Waals surface area contributed by atoms with Crippen LogP contribution in [0.15, 0.2) is 4.99 Å². The van der Waals surface area contributed by atoms with Crippen molar-refractivity contribution < 1.29 is 4.74 Å². The summed E-state index contributed by atoms with van der Waals surface area (Å²) in [6, 6.07) is 0.720. The molecule has 28 heavy (non-hydrogen) atoms. The van der Waals surface area contributed by atoms with Gasteiger partial charge in [0.15, 0.2) is 11.8 Å². The van der Waals surface area contributed by atoms with Gasteiger partial charge in [0.05, 0.1) is 0 Å². The van der Waals surface area contributed by atoms with Gasteiger partial charge >= 0.3 is 0 Å². The van der Waals surface area contributed by atoms with E-state index in [1.165, 1.54) is 25.8 Å². The average molecular weight is 394 g/mol. The number of nitrogens with one attached hydrogen (secondary N) is 2. The minimum absolute atomic E-state index is 0.515. The molecule has 2 rings (SSSR count). The molecule has 1 saturated heterocycles. The Hall–Kier alpha value is -1.67. The number of guanidine groups is 1. The van der Waals surface area contributed by atoms with Crippen molar-refractivity contribution in [3.8, 4) is 0 Å². The topological polar surface area (TPSA) is 79.6 Å². The highest BCUT2D eigenvalue weighted by atomic mass is 16.5. The third-order valence-corrected chi connectivity index (χ3v) is 5.38. The molecule has 1 aliphatic rings. The van der Waals surface area contributed by atoms with Crippen molar-refractivity contribution in [1.29, 1.82) is 0 Å². The van der Waals surface area contributed by atoms with Crippen LogP contribution in [0.1, 0.15) is 57.6 Å². The molecule has 1 aromatic rings. The van der Waals surface area contributed by atoms with Gasteiger partial charge < -0.3 is 24.8 Å². The van der Waals surface area contributed by atoms with Crippen LogP contribution in [0.5, 0.6) is 0 Å². The molecule has 2 N–H and O–H groups in total. The molecule has 1 atom stereocenters. The summed E-state index contributed by atoms with van der Waals surface area (Å²) in [5, 5.41) is 15.2. The molecular weight excluding hydrogens is 354 g/mol. The van der Waals surface area contributed by atoms with Crippen LogP contribution in [0.3, 0.4) is 0 Å². The van der Waals surface area contributed by atoms with E-state index in [0.717, 1.165) is 69.3 Å². The first-order valence-electron chi connectivity index (χ1n) is 10.8. The third kappa shape index (κ3) is 7.75. The highest BCUT2D eigenvalue weighted by molar-refractivity contribution is 5.79. The number of rotatable bonds is 11. The van der Waals surface area contributed by atoms with Crippen LogP contribution in [0.4, 0.5) is 0 Å². The van der Waals surface area contributed by atoms with E-state index in [2.05, 4.69) is 32.7 Å². The predicted molar refractivity (Wildman–Crippen MR) is 113 cm³/mol. The lowest BCUT2D eigenvalue weighted by molar-refractivity contribution is 0.145. The van der Waals surface area contributed by atoms with Crippen LogP contribution in [0, 0.1) is 6.92 Å². The van der Waals surface area contributed by atoms with E-state index in [1.54, 1.807) is 0 Å². The molecule has 0 radical (unpaired) electrons. The number of ether oxygens (including phenoxy) is 1. The molecule has 1 fully saturated rings. The maximum atomic E-state index is 5.41. The number of likely N-dealkylation sites (tertiary alicyclic amines) is 1. The zero-order valence-corrected chi connectivity index (χ0v) is 18.2. The Morgan fingerprint density at radius 2 is 2.00 bits per heavy atom. The minimum Gasteiger partial charge on any atom is -0.382 e. The Balaban J connectivity index is 1.79. The summed E-state index contributed by atoms with van der Waals surface area (Å²) in [7, 11) is 1.97. The molecular formula is C20H39N7O. The van der Waals surface area contributed by atoms with E-state index in [1.807, 2.05) is 25.5 Å². The van der Waals surface area contributed by atoms with E-state index in [0.29, 0.717) is 6.54 Å². The van der Waals surface area contributed by atoms with E-state index in [9.17, 15) is 0 Å². The number of piperidine rings is 1. The summed E-state index contributed by atoms with van der Waals surface area (Å²) in [5.74, 6) is 2.61. The van der Waals surface area contributed by atoms with Gasteiger partial charge in [-0.15, -0.1) is 10.2 Å². The molecule has 1 aromatic heterocycles. The van der Waals surface area contributed by atoms with E-state index in [4.69, 9.17) is 9.73 Å². The van der Waals surface area contributed by atoms with Crippen LogP contribution in [-0.4, -0.2) is 71.1 Å². The largest absolute Gasteiger partial charge is 0.382 e. The fraction of sp³-hybridized carbons (Fsp3) is 0.850. The zero-order chi connectivity index (χ0) is 20.2. The van der Waals surface area contributed by atoms with Gasteiger partial charge in [-0.05, 0) is 53.0 Å². The number of aliphatic imine (C=N–C) groups is 1. The van der Waals surface area contributed by atoms with Gasteiger partial charge in [0.25, 0.3) is 0 Å². The fourth-order valence-electron chi connectivity index (χ4n) is 3.42. The second-order valence-corrected chi connectivity index (χ2v) is 7.53. The van der Waals surface area contributed by atoms with Gasteiger partial charge in [0, 0.05) is 45.9 Å². The normalized spacial score (nSPS) is 18.4. The molecule has 2 heterocycles. The smallest absolute Gasteiger partial charge is 0.191 e. The second-order valence-electron chi connectivity index (χ2n) is 7.53. The summed E-state index contributed by atoms with van der Waals surface area (Å²) >= 11 is 0. The third-order valence-electron chi connectivity index (χ3n) is 5.38. The van der Waals surface area contributed by atoms with Gasteiger partial charge in [0.1, 0.15) is 12.4 Å². The lowest BCUT2D eigenvalue weighted by Gasteiger charge is -2.33. The number of nitrogens with zero attached hydrogens (tertiary/aromatic N) is 5. The molecule has 8 nitrogen and oxygen atoms in total. The molecule has 0 aromatic carbocycles. The molecule has 1 unspecified atom stereocenters. The average Bonchev–Trinajstić information content (AvgIpc) is 3.01. The summed E-state index contributed by atoms with van der Waals surface area (Å²) in [4.78, 5) is 7.31. The van der Waals surface area contributed by atoms with Gasteiger partial charge in [-0.2, -0.15) is 0 Å². The SMILES string of the molecule is CCOCCCNC(=NCc1nnc(C)n1C)NCCCN1CCCCC1C. The molecule has 8 heteroatoms. The zero-order valence-electron chi connectivity index (χ0n) is 18.2. The molecule has 160 valence electrons. The lowest BCUT2D eigenvalue weighted by atomic mass is 10.0. The number of aromatic nitrogens is 3. The summed E-state index contributed by atoms with van der Waals surface area (Å²) in [6.07, 6.45) is 6.12. The molecule has 0 aliphatic carbocycles. The minimum atomic E-state index is 0.515.